The maximum atomic E-state index is 13.4. The summed E-state index contributed by atoms with van der Waals surface area (Å²) in [6.07, 6.45) is 4.09. The molecule has 0 bridgehead atoms. The van der Waals surface area contributed by atoms with Gasteiger partial charge in [0.2, 0.25) is 11.8 Å². The molecule has 1 unspecified atom stereocenters. The largest absolute Gasteiger partial charge is 0.342 e. The van der Waals surface area contributed by atoms with Crippen molar-refractivity contribution in [2.45, 2.75) is 77.5 Å². The van der Waals surface area contributed by atoms with Gasteiger partial charge in [-0.05, 0) is 56.8 Å². The normalized spacial score (nSPS) is 21.6. The Hall–Kier alpha value is -1.92. The molecule has 0 aliphatic carbocycles. The van der Waals surface area contributed by atoms with E-state index in [1.54, 1.807) is 0 Å². The summed E-state index contributed by atoms with van der Waals surface area (Å²) >= 11 is 0. The van der Waals surface area contributed by atoms with Crippen molar-refractivity contribution in [3.05, 3.63) is 35.4 Å². The molecule has 1 N–H and O–H groups in total. The molecule has 2 saturated heterocycles. The number of nitrogens with zero attached hydrogens (tertiary/aromatic N) is 3. The zero-order valence-corrected chi connectivity index (χ0v) is 20.7. The third-order valence-corrected chi connectivity index (χ3v) is 6.86. The lowest BCUT2D eigenvalue weighted by atomic mass is 9.80. The first-order chi connectivity index (χ1) is 15.2. The molecule has 32 heavy (non-hydrogen) atoms. The van der Waals surface area contributed by atoms with Gasteiger partial charge in [-0.3, -0.25) is 14.5 Å². The maximum absolute atomic E-state index is 13.4. The van der Waals surface area contributed by atoms with Gasteiger partial charge >= 0.3 is 0 Å². The van der Waals surface area contributed by atoms with Gasteiger partial charge in [0.15, 0.2) is 0 Å². The first-order valence-corrected chi connectivity index (χ1v) is 12.3. The van der Waals surface area contributed by atoms with Crippen molar-refractivity contribution in [1.82, 2.24) is 20.0 Å². The molecule has 6 nitrogen and oxygen atoms in total. The van der Waals surface area contributed by atoms with E-state index >= 15 is 0 Å². The predicted octanol–water partition coefficient (Wildman–Crippen LogP) is 3.26. The number of hydrogen-bond acceptors (Lipinski definition) is 4. The molecule has 2 aliphatic rings. The van der Waals surface area contributed by atoms with Crippen molar-refractivity contribution in [2.24, 2.45) is 5.92 Å². The molecule has 2 amide bonds. The number of likely N-dealkylation sites (tertiary alicyclic amines) is 1. The molecule has 0 aromatic heterocycles. The summed E-state index contributed by atoms with van der Waals surface area (Å²) in [5.41, 5.74) is 1.94. The lowest BCUT2D eigenvalue weighted by Gasteiger charge is -2.52. The molecule has 2 heterocycles. The molecule has 2 aliphatic heterocycles. The molecule has 1 aromatic carbocycles. The van der Waals surface area contributed by atoms with Crippen LogP contribution < -0.4 is 5.32 Å². The average molecular weight is 443 g/mol. The van der Waals surface area contributed by atoms with E-state index in [1.807, 2.05) is 4.90 Å². The van der Waals surface area contributed by atoms with Crippen molar-refractivity contribution in [2.75, 3.05) is 33.7 Å². The Kier molecular flexibility index (Phi) is 8.34. The van der Waals surface area contributed by atoms with Crippen LogP contribution in [0.3, 0.4) is 0 Å². The lowest BCUT2D eigenvalue weighted by Crippen LogP contribution is -2.73. The van der Waals surface area contributed by atoms with Crippen molar-refractivity contribution in [3.63, 3.8) is 0 Å². The summed E-state index contributed by atoms with van der Waals surface area (Å²) < 4.78 is 0. The first-order valence-electron chi connectivity index (χ1n) is 12.3. The van der Waals surface area contributed by atoms with Crippen molar-refractivity contribution in [3.8, 4) is 0 Å². The summed E-state index contributed by atoms with van der Waals surface area (Å²) in [6, 6.07) is 8.46. The fourth-order valence-electron chi connectivity index (χ4n) is 5.10. The van der Waals surface area contributed by atoms with E-state index in [9.17, 15) is 9.59 Å². The van der Waals surface area contributed by atoms with Gasteiger partial charge in [0.25, 0.3) is 0 Å². The second-order valence-electron chi connectivity index (χ2n) is 10.4. The standard InChI is InChI=1S/C26H42N4O2/c1-6-7-14-30-24(31)23(17-20(2)3)27-25(32)26(30)12-15-29(16-13-26)19-22-10-8-21(9-11-22)18-28(4)5/h8-11,20,23H,6-7,12-19H2,1-5H3,(H,27,32). The topological polar surface area (TPSA) is 55.9 Å². The summed E-state index contributed by atoms with van der Waals surface area (Å²) in [5, 5.41) is 3.10. The Bertz CT molecular complexity index is 767. The number of benzene rings is 1. The lowest BCUT2D eigenvalue weighted by molar-refractivity contribution is -0.161. The van der Waals surface area contributed by atoms with E-state index in [4.69, 9.17) is 0 Å². The third-order valence-electron chi connectivity index (χ3n) is 6.86. The number of hydrogen-bond donors (Lipinski definition) is 1. The highest BCUT2D eigenvalue weighted by molar-refractivity contribution is 6.00. The summed E-state index contributed by atoms with van der Waals surface area (Å²) in [6.45, 7) is 10.5. The number of nitrogens with one attached hydrogen (secondary N) is 1. The highest BCUT2D eigenvalue weighted by Gasteiger charge is 2.53. The van der Waals surface area contributed by atoms with Crippen LogP contribution in [0.5, 0.6) is 0 Å². The van der Waals surface area contributed by atoms with Crippen molar-refractivity contribution < 1.29 is 9.59 Å². The number of amides is 2. The maximum Gasteiger partial charge on any atom is 0.246 e. The Morgan fingerprint density at radius 2 is 1.72 bits per heavy atom. The number of unbranched alkanes of at least 4 members (excludes halogenated alkanes) is 1. The summed E-state index contributed by atoms with van der Waals surface area (Å²) in [5.74, 6) is 0.556. The molecule has 0 saturated carbocycles. The fraction of sp³-hybridized carbons (Fsp3) is 0.692. The van der Waals surface area contributed by atoms with Crippen LogP contribution in [0, 0.1) is 5.92 Å². The van der Waals surface area contributed by atoms with E-state index in [2.05, 4.69) is 74.2 Å². The third kappa shape index (κ3) is 5.70. The minimum Gasteiger partial charge on any atom is -0.342 e. The number of piperidine rings is 1. The average Bonchev–Trinajstić information content (AvgIpc) is 2.74. The molecule has 6 heteroatoms. The second kappa shape index (κ2) is 10.8. The van der Waals surface area contributed by atoms with Crippen LogP contribution in [0.4, 0.5) is 0 Å². The van der Waals surface area contributed by atoms with Crippen LogP contribution in [0.1, 0.15) is 64.0 Å². The Morgan fingerprint density at radius 1 is 1.09 bits per heavy atom. The predicted molar refractivity (Wildman–Crippen MR) is 129 cm³/mol. The number of carbonyl (C=O) groups is 2. The van der Waals surface area contributed by atoms with Gasteiger partial charge in [-0.15, -0.1) is 0 Å². The first kappa shape index (κ1) is 24.7. The second-order valence-corrected chi connectivity index (χ2v) is 10.4. The fourth-order valence-corrected chi connectivity index (χ4v) is 5.10. The van der Waals surface area contributed by atoms with Gasteiger partial charge in [0, 0.05) is 32.7 Å². The molecule has 1 atom stereocenters. The van der Waals surface area contributed by atoms with Crippen molar-refractivity contribution >= 4 is 11.8 Å². The number of piperazine rings is 1. The van der Waals surface area contributed by atoms with Crippen molar-refractivity contribution in [1.29, 1.82) is 0 Å². The summed E-state index contributed by atoms with van der Waals surface area (Å²) in [4.78, 5) is 33.3. The highest BCUT2D eigenvalue weighted by atomic mass is 16.2. The van der Waals surface area contributed by atoms with Gasteiger partial charge in [-0.1, -0.05) is 51.5 Å². The summed E-state index contributed by atoms with van der Waals surface area (Å²) in [7, 11) is 4.16. The Morgan fingerprint density at radius 3 is 2.28 bits per heavy atom. The van der Waals surface area contributed by atoms with Gasteiger partial charge in [0.1, 0.15) is 11.6 Å². The Labute approximate surface area is 194 Å². The molecule has 3 rings (SSSR count). The molecule has 1 aromatic rings. The number of rotatable bonds is 9. The van der Waals surface area contributed by atoms with Gasteiger partial charge in [-0.2, -0.15) is 0 Å². The molecular formula is C26H42N4O2. The monoisotopic (exact) mass is 442 g/mol. The quantitative estimate of drug-likeness (QED) is 0.638. The van der Waals surface area contributed by atoms with Crippen LogP contribution in [-0.4, -0.2) is 71.8 Å². The molecule has 178 valence electrons. The molecule has 0 radical (unpaired) electrons. The highest BCUT2D eigenvalue weighted by Crippen LogP contribution is 2.34. The van der Waals surface area contributed by atoms with Gasteiger partial charge in [-0.25, -0.2) is 0 Å². The Balaban J connectivity index is 1.66. The zero-order valence-electron chi connectivity index (χ0n) is 20.7. The SMILES string of the molecule is CCCCN1C(=O)C(CC(C)C)NC(=O)C12CCN(Cc1ccc(CN(C)C)cc1)CC2. The van der Waals surface area contributed by atoms with Gasteiger partial charge < -0.3 is 15.1 Å². The van der Waals surface area contributed by atoms with E-state index in [0.29, 0.717) is 31.7 Å². The van der Waals surface area contributed by atoms with Crippen LogP contribution in [-0.2, 0) is 22.7 Å². The van der Waals surface area contributed by atoms with Crippen LogP contribution in [0.15, 0.2) is 24.3 Å². The molecule has 2 fully saturated rings. The molecule has 1 spiro atoms. The van der Waals surface area contributed by atoms with Gasteiger partial charge in [0.05, 0.1) is 0 Å². The van der Waals surface area contributed by atoms with E-state index in [1.165, 1.54) is 11.1 Å². The van der Waals surface area contributed by atoms with E-state index in [-0.39, 0.29) is 17.9 Å². The smallest absolute Gasteiger partial charge is 0.246 e. The van der Waals surface area contributed by atoms with E-state index in [0.717, 1.165) is 39.0 Å². The minimum absolute atomic E-state index is 0.0616. The van der Waals surface area contributed by atoms with Crippen LogP contribution in [0.25, 0.3) is 0 Å². The minimum atomic E-state index is -0.675. The molecular weight excluding hydrogens is 400 g/mol. The number of carbonyl (C=O) groups excluding carboxylic acids is 2. The van der Waals surface area contributed by atoms with Crippen LogP contribution >= 0.6 is 0 Å². The van der Waals surface area contributed by atoms with E-state index < -0.39 is 5.54 Å². The van der Waals surface area contributed by atoms with Crippen LogP contribution in [0.2, 0.25) is 0 Å². The zero-order chi connectivity index (χ0) is 23.3.